The smallest absolute Gasteiger partial charge is 0.267 e. The second kappa shape index (κ2) is 5.77. The number of hydrogen-bond donors (Lipinski definition) is 2. The van der Waals surface area contributed by atoms with E-state index >= 15 is 0 Å². The van der Waals surface area contributed by atoms with Crippen LogP contribution in [0.4, 0.5) is 10.9 Å². The predicted octanol–water partition coefficient (Wildman–Crippen LogP) is 2.66. The van der Waals surface area contributed by atoms with E-state index in [2.05, 4.69) is 31.1 Å². The molecule has 1 heterocycles. The zero-order valence-corrected chi connectivity index (χ0v) is 13.4. The van der Waals surface area contributed by atoms with Crippen LogP contribution in [0.15, 0.2) is 0 Å². The number of carbonyl (C=O) groups excluding carboxylic acids is 1. The molecule has 0 saturated carbocycles. The third-order valence-electron chi connectivity index (χ3n) is 3.33. The summed E-state index contributed by atoms with van der Waals surface area (Å²) < 4.78 is 0. The van der Waals surface area contributed by atoms with Gasteiger partial charge in [0.15, 0.2) is 5.13 Å². The molecule has 1 rings (SSSR count). The highest BCUT2D eigenvalue weighted by atomic mass is 32.1. The van der Waals surface area contributed by atoms with Crippen LogP contribution in [0.25, 0.3) is 0 Å². The monoisotopic (exact) mass is 284 g/mol. The first-order valence-corrected chi connectivity index (χ1v) is 7.27. The molecule has 1 aromatic rings. The van der Waals surface area contributed by atoms with Crippen LogP contribution in [0.2, 0.25) is 0 Å². The van der Waals surface area contributed by atoms with E-state index in [-0.39, 0.29) is 17.4 Å². The van der Waals surface area contributed by atoms with E-state index < -0.39 is 0 Å². The Kier molecular flexibility index (Phi) is 4.79. The molecule has 0 radical (unpaired) electrons. The van der Waals surface area contributed by atoms with Gasteiger partial charge in [-0.25, -0.2) is 4.98 Å². The Balaban J connectivity index is 2.94. The molecule has 19 heavy (non-hydrogen) atoms. The molecule has 0 aliphatic rings. The number of aromatic nitrogens is 1. The average molecular weight is 284 g/mol. The average Bonchev–Trinajstić information content (AvgIpc) is 2.66. The molecule has 0 aliphatic heterocycles. The SMILES string of the molecule is CCNc1nc(N)c(C(=O)N(C)C(C)C(C)(C)C)s1. The van der Waals surface area contributed by atoms with E-state index in [1.165, 1.54) is 11.3 Å². The van der Waals surface area contributed by atoms with Gasteiger partial charge in [0.1, 0.15) is 10.7 Å². The summed E-state index contributed by atoms with van der Waals surface area (Å²) in [5.41, 5.74) is 5.85. The molecule has 6 heteroatoms. The fourth-order valence-corrected chi connectivity index (χ4v) is 2.56. The first kappa shape index (κ1) is 15.8. The van der Waals surface area contributed by atoms with Crippen LogP contribution in [0.5, 0.6) is 0 Å². The molecule has 0 saturated heterocycles. The van der Waals surface area contributed by atoms with E-state index in [9.17, 15) is 4.79 Å². The lowest BCUT2D eigenvalue weighted by Crippen LogP contribution is -2.42. The highest BCUT2D eigenvalue weighted by molar-refractivity contribution is 7.18. The topological polar surface area (TPSA) is 71.2 Å². The standard InChI is InChI=1S/C13H24N4OS/c1-7-15-12-16-10(14)9(19-12)11(18)17(6)8(2)13(3,4)5/h8H,7,14H2,1-6H3,(H,15,16). The van der Waals surface area contributed by atoms with Crippen LogP contribution in [0.3, 0.4) is 0 Å². The summed E-state index contributed by atoms with van der Waals surface area (Å²) in [6.07, 6.45) is 0. The lowest BCUT2D eigenvalue weighted by atomic mass is 9.87. The Hall–Kier alpha value is -1.30. The molecule has 3 N–H and O–H groups in total. The number of nitrogens with zero attached hydrogens (tertiary/aromatic N) is 2. The number of anilines is 2. The third kappa shape index (κ3) is 3.59. The zero-order chi connectivity index (χ0) is 14.8. The van der Waals surface area contributed by atoms with E-state index in [0.29, 0.717) is 15.8 Å². The molecule has 1 aromatic heterocycles. The number of rotatable bonds is 4. The molecule has 1 atom stereocenters. The summed E-state index contributed by atoms with van der Waals surface area (Å²) in [5, 5.41) is 3.77. The Bertz CT molecular complexity index is 450. The van der Waals surface area contributed by atoms with Crippen molar-refractivity contribution in [3.63, 3.8) is 0 Å². The first-order valence-electron chi connectivity index (χ1n) is 6.45. The summed E-state index contributed by atoms with van der Waals surface area (Å²) in [6.45, 7) is 11.1. The molecule has 0 aromatic carbocycles. The van der Waals surface area contributed by atoms with E-state index in [1.54, 1.807) is 4.90 Å². The van der Waals surface area contributed by atoms with E-state index in [1.807, 2.05) is 20.9 Å². The summed E-state index contributed by atoms with van der Waals surface area (Å²) >= 11 is 1.31. The van der Waals surface area contributed by atoms with Crippen molar-refractivity contribution in [2.24, 2.45) is 5.41 Å². The van der Waals surface area contributed by atoms with Crippen LogP contribution in [-0.2, 0) is 0 Å². The van der Waals surface area contributed by atoms with Gasteiger partial charge in [0, 0.05) is 19.6 Å². The van der Waals surface area contributed by atoms with Crippen molar-refractivity contribution < 1.29 is 4.79 Å². The second-order valence-electron chi connectivity index (χ2n) is 5.72. The van der Waals surface area contributed by atoms with Crippen LogP contribution in [0.1, 0.15) is 44.3 Å². The zero-order valence-electron chi connectivity index (χ0n) is 12.6. The minimum Gasteiger partial charge on any atom is -0.382 e. The number of hydrogen-bond acceptors (Lipinski definition) is 5. The van der Waals surface area contributed by atoms with Crippen molar-refractivity contribution in [2.75, 3.05) is 24.6 Å². The second-order valence-corrected chi connectivity index (χ2v) is 6.72. The molecule has 5 nitrogen and oxygen atoms in total. The third-order valence-corrected chi connectivity index (χ3v) is 4.35. The number of nitrogen functional groups attached to an aromatic ring is 1. The van der Waals surface area contributed by atoms with Gasteiger partial charge in [0.05, 0.1) is 0 Å². The van der Waals surface area contributed by atoms with Gasteiger partial charge in [-0.2, -0.15) is 0 Å². The minimum atomic E-state index is -0.0680. The molecule has 0 bridgehead atoms. The molecule has 1 amide bonds. The van der Waals surface area contributed by atoms with Crippen LogP contribution < -0.4 is 11.1 Å². The predicted molar refractivity (Wildman–Crippen MR) is 81.7 cm³/mol. The van der Waals surface area contributed by atoms with Crippen molar-refractivity contribution in [2.45, 2.75) is 40.7 Å². The van der Waals surface area contributed by atoms with Crippen molar-refractivity contribution in [3.8, 4) is 0 Å². The number of nitrogens with one attached hydrogen (secondary N) is 1. The Morgan fingerprint density at radius 1 is 1.53 bits per heavy atom. The van der Waals surface area contributed by atoms with Crippen LogP contribution >= 0.6 is 11.3 Å². The van der Waals surface area contributed by atoms with Gasteiger partial charge in [-0.15, -0.1) is 0 Å². The largest absolute Gasteiger partial charge is 0.382 e. The molecular formula is C13H24N4OS. The number of amides is 1. The fraction of sp³-hybridized carbons (Fsp3) is 0.692. The van der Waals surface area contributed by atoms with Gasteiger partial charge in [-0.1, -0.05) is 32.1 Å². The van der Waals surface area contributed by atoms with E-state index in [0.717, 1.165) is 6.54 Å². The van der Waals surface area contributed by atoms with Gasteiger partial charge in [0.25, 0.3) is 5.91 Å². The summed E-state index contributed by atoms with van der Waals surface area (Å²) in [7, 11) is 1.81. The van der Waals surface area contributed by atoms with Crippen molar-refractivity contribution in [1.29, 1.82) is 0 Å². The van der Waals surface area contributed by atoms with Gasteiger partial charge in [-0.05, 0) is 19.3 Å². The normalized spacial score (nSPS) is 13.2. The number of thiazole rings is 1. The van der Waals surface area contributed by atoms with Gasteiger partial charge in [0.2, 0.25) is 0 Å². The summed E-state index contributed by atoms with van der Waals surface area (Å²) in [4.78, 5) is 18.9. The van der Waals surface area contributed by atoms with E-state index in [4.69, 9.17) is 5.73 Å². The highest BCUT2D eigenvalue weighted by Crippen LogP contribution is 2.29. The molecule has 108 valence electrons. The van der Waals surface area contributed by atoms with Gasteiger partial charge in [-0.3, -0.25) is 4.79 Å². The van der Waals surface area contributed by atoms with Crippen LogP contribution in [0, 0.1) is 5.41 Å². The minimum absolute atomic E-state index is 0.0222. The summed E-state index contributed by atoms with van der Waals surface area (Å²) in [6, 6.07) is 0.115. The summed E-state index contributed by atoms with van der Waals surface area (Å²) in [5.74, 6) is 0.237. The van der Waals surface area contributed by atoms with Crippen molar-refractivity contribution >= 4 is 28.2 Å². The number of nitrogens with two attached hydrogens (primary N) is 1. The van der Waals surface area contributed by atoms with Gasteiger partial charge < -0.3 is 16.0 Å². The maximum absolute atomic E-state index is 12.5. The fourth-order valence-electron chi connectivity index (χ4n) is 1.63. The Morgan fingerprint density at radius 2 is 2.11 bits per heavy atom. The Labute approximate surface area is 119 Å². The molecule has 0 fully saturated rings. The van der Waals surface area contributed by atoms with Crippen molar-refractivity contribution in [3.05, 3.63) is 4.88 Å². The molecule has 0 aliphatic carbocycles. The highest BCUT2D eigenvalue weighted by Gasteiger charge is 2.29. The van der Waals surface area contributed by atoms with Gasteiger partial charge >= 0.3 is 0 Å². The maximum atomic E-state index is 12.5. The molecule has 0 spiro atoms. The quantitative estimate of drug-likeness (QED) is 0.891. The lowest BCUT2D eigenvalue weighted by molar-refractivity contribution is 0.0635. The number of carbonyl (C=O) groups is 1. The van der Waals surface area contributed by atoms with Crippen LogP contribution in [-0.4, -0.2) is 35.4 Å². The maximum Gasteiger partial charge on any atom is 0.267 e. The lowest BCUT2D eigenvalue weighted by Gasteiger charge is -2.35. The van der Waals surface area contributed by atoms with Crippen molar-refractivity contribution in [1.82, 2.24) is 9.88 Å². The Morgan fingerprint density at radius 3 is 2.58 bits per heavy atom. The first-order chi connectivity index (χ1) is 8.68. The molecular weight excluding hydrogens is 260 g/mol. The molecule has 1 unspecified atom stereocenters.